The van der Waals surface area contributed by atoms with E-state index in [1.165, 1.54) is 12.1 Å². The van der Waals surface area contributed by atoms with E-state index < -0.39 is 9.39 Å². The van der Waals surface area contributed by atoms with Crippen LogP contribution in [0.1, 0.15) is 31.7 Å². The molecule has 0 fully saturated rings. The molecule has 5 aromatic heterocycles. The van der Waals surface area contributed by atoms with E-state index in [0.717, 1.165) is 86.2 Å². The van der Waals surface area contributed by atoms with Crippen molar-refractivity contribution in [2.45, 2.75) is 32.7 Å². The van der Waals surface area contributed by atoms with Crippen molar-refractivity contribution in [3.05, 3.63) is 90.9 Å². The molecule has 5 heterocycles. The average Bonchev–Trinajstić information content (AvgIpc) is 3.62. The number of hydrogen-bond acceptors (Lipinski definition) is 6. The van der Waals surface area contributed by atoms with Crippen LogP contribution in [0.3, 0.4) is 0 Å². The van der Waals surface area contributed by atoms with Crippen LogP contribution in [-0.4, -0.2) is 48.1 Å². The number of anilines is 1. The van der Waals surface area contributed by atoms with Crippen LogP contribution in [-0.2, 0) is 6.54 Å². The number of nitrogens with zero attached hydrogens (tertiary/aromatic N) is 4. The zero-order valence-electron chi connectivity index (χ0n) is 24.9. The summed E-state index contributed by atoms with van der Waals surface area (Å²) in [5.41, 5.74) is 9.65. The van der Waals surface area contributed by atoms with Crippen LogP contribution in [0.4, 0.5) is 10.1 Å². The first kappa shape index (κ1) is 29.3. The lowest BCUT2D eigenvalue weighted by Gasteiger charge is -2.12. The molecule has 6 rings (SSSR count). The summed E-state index contributed by atoms with van der Waals surface area (Å²) in [4.78, 5) is 17.3. The number of fused-ring (bicyclic) bond motifs is 2. The maximum Gasteiger partial charge on any atom is 0.135 e. The fourth-order valence-corrected chi connectivity index (χ4v) is 5.64. The molecule has 0 aliphatic rings. The number of H-pyrrole nitrogens is 2. The van der Waals surface area contributed by atoms with Gasteiger partial charge in [-0.3, -0.25) is 19.8 Å². The summed E-state index contributed by atoms with van der Waals surface area (Å²) < 4.78 is 18.0. The topological polar surface area (TPSA) is 107 Å². The molecule has 0 saturated heterocycles. The molecule has 0 atom stereocenters. The van der Waals surface area contributed by atoms with Gasteiger partial charge in [0.05, 0.1) is 40.5 Å². The van der Waals surface area contributed by atoms with Crippen molar-refractivity contribution in [2.75, 3.05) is 11.6 Å². The summed E-state index contributed by atoms with van der Waals surface area (Å²) in [6.45, 7) is 6.77. The van der Waals surface area contributed by atoms with Gasteiger partial charge in [-0.15, -0.1) is 0 Å². The predicted molar refractivity (Wildman–Crippen MR) is 184 cm³/mol. The highest BCUT2D eigenvalue weighted by Crippen LogP contribution is 2.34. The smallest absolute Gasteiger partial charge is 0.135 e. The third-order valence-corrected chi connectivity index (χ3v) is 8.13. The lowest BCUT2D eigenvalue weighted by molar-refractivity contribution is 0.625. The number of aromatic amines is 2. The van der Waals surface area contributed by atoms with Gasteiger partial charge in [-0.05, 0) is 72.7 Å². The van der Waals surface area contributed by atoms with Crippen molar-refractivity contribution in [2.24, 2.45) is 0 Å². The number of allylic oxidation sites excluding steroid dienone is 1. The van der Waals surface area contributed by atoms with Gasteiger partial charge < -0.3 is 10.3 Å². The molecule has 0 saturated carbocycles. The van der Waals surface area contributed by atoms with E-state index in [9.17, 15) is 4.39 Å². The minimum atomic E-state index is -1.43. The van der Waals surface area contributed by atoms with Crippen molar-refractivity contribution < 1.29 is 4.39 Å². The van der Waals surface area contributed by atoms with Gasteiger partial charge in [0.15, 0.2) is 0 Å². The molecule has 0 aliphatic carbocycles. The number of pyridine rings is 3. The first-order chi connectivity index (χ1) is 21.2. The number of nitrogens with one attached hydrogen (secondary N) is 4. The molecule has 1 aromatic carbocycles. The Labute approximate surface area is 256 Å². The third-order valence-electron chi connectivity index (χ3n) is 7.29. The van der Waals surface area contributed by atoms with Crippen LogP contribution in [0.5, 0.6) is 0 Å². The van der Waals surface area contributed by atoms with Crippen molar-refractivity contribution in [1.29, 1.82) is 0 Å². The van der Waals surface area contributed by atoms with Gasteiger partial charge in [0.25, 0.3) is 0 Å². The highest BCUT2D eigenvalue weighted by atomic mass is 32.2. The highest BCUT2D eigenvalue weighted by Gasteiger charge is 2.17. The average molecular weight is 607 g/mol. The van der Waals surface area contributed by atoms with E-state index in [4.69, 9.17) is 4.98 Å². The van der Waals surface area contributed by atoms with Crippen LogP contribution < -0.4 is 10.0 Å². The summed E-state index contributed by atoms with van der Waals surface area (Å²) in [5.74, 6) is 7.79. The summed E-state index contributed by atoms with van der Waals surface area (Å²) in [6, 6.07) is 13.0. The Bertz CT molecular complexity index is 2110. The fraction of sp³-hybridized carbons (Fsp3) is 0.176. The van der Waals surface area contributed by atoms with E-state index in [2.05, 4.69) is 60.4 Å². The zero-order chi connectivity index (χ0) is 30.8. The van der Waals surface area contributed by atoms with E-state index in [-0.39, 0.29) is 5.82 Å². The quantitative estimate of drug-likeness (QED) is 0.112. The Morgan fingerprint density at radius 1 is 0.977 bits per heavy atom. The number of unbranched alkanes of at least 4 members (excludes halogenated alkanes) is 1. The maximum atomic E-state index is 14.7. The Balaban J connectivity index is 1.35. The molecule has 0 amide bonds. The molecule has 0 unspecified atom stereocenters. The van der Waals surface area contributed by atoms with Gasteiger partial charge in [0.2, 0.25) is 0 Å². The summed E-state index contributed by atoms with van der Waals surface area (Å²) in [6.07, 6.45) is 12.2. The van der Waals surface area contributed by atoms with Gasteiger partial charge in [0.1, 0.15) is 17.0 Å². The van der Waals surface area contributed by atoms with Gasteiger partial charge in [0, 0.05) is 41.1 Å². The summed E-state index contributed by atoms with van der Waals surface area (Å²) >= 11 is 0. The molecular formula is C34H35FN8S. The van der Waals surface area contributed by atoms with Gasteiger partial charge in [-0.25, -0.2) is 9.37 Å². The number of halogens is 1. The Morgan fingerprint density at radius 3 is 2.64 bits per heavy atom. The fourth-order valence-electron chi connectivity index (χ4n) is 5.13. The standard InChI is InChI=1S/C34H35FN8S/c1-6-7-8-21(2)39-26-14-24(17-36-18-26)29-9-10-30-33(41-29)34(43-42-30)31-15-27-28(19-37-20-32(27)40-31)23-11-22(12-25(35)13-23)16-38-44(3,4)5/h9-15,17-20,38-40H,2-4,6-8,16H2,1,5H3,(H,42,43). The van der Waals surface area contributed by atoms with Gasteiger partial charge >= 0.3 is 0 Å². The Hall–Kier alpha value is -4.80. The monoisotopic (exact) mass is 606 g/mol. The van der Waals surface area contributed by atoms with Crippen molar-refractivity contribution in [3.63, 3.8) is 0 Å². The van der Waals surface area contributed by atoms with E-state index in [0.29, 0.717) is 12.2 Å². The van der Waals surface area contributed by atoms with Crippen molar-refractivity contribution >= 4 is 48.8 Å². The minimum Gasteiger partial charge on any atom is -0.358 e. The van der Waals surface area contributed by atoms with Crippen LogP contribution in [0.15, 0.2) is 79.5 Å². The molecule has 0 bridgehead atoms. The second-order valence-corrected chi connectivity index (χ2v) is 14.1. The molecule has 224 valence electrons. The van der Waals surface area contributed by atoms with Gasteiger partial charge in [-0.1, -0.05) is 31.7 Å². The number of hydrogen-bond donors (Lipinski definition) is 4. The Kier molecular flexibility index (Phi) is 8.03. The minimum absolute atomic E-state index is 0.314. The van der Waals surface area contributed by atoms with E-state index >= 15 is 0 Å². The zero-order valence-corrected chi connectivity index (χ0v) is 25.7. The second-order valence-electron chi connectivity index (χ2n) is 11.2. The number of rotatable bonds is 11. The number of benzene rings is 1. The highest BCUT2D eigenvalue weighted by molar-refractivity contribution is 8.25. The third kappa shape index (κ3) is 6.41. The molecule has 6 aromatic rings. The SMILES string of the molecule is C=C(CCCC)Nc1cncc(-c2ccc3[nH]nc(-c4cc5c(-c6cc(F)cc(CNS(=C)(=C)C)c6)cncc5[nH]4)c3n2)c1. The first-order valence-corrected chi connectivity index (χ1v) is 16.8. The first-order valence-electron chi connectivity index (χ1n) is 14.4. The molecule has 44 heavy (non-hydrogen) atoms. The van der Waals surface area contributed by atoms with Crippen LogP contribution in [0, 0.1) is 5.82 Å². The molecule has 4 N–H and O–H groups in total. The lowest BCUT2D eigenvalue weighted by atomic mass is 10.0. The second kappa shape index (κ2) is 12.1. The van der Waals surface area contributed by atoms with E-state index in [1.807, 2.05) is 36.6 Å². The van der Waals surface area contributed by atoms with Crippen LogP contribution >= 0.6 is 9.39 Å². The molecule has 0 aliphatic heterocycles. The molecular weight excluding hydrogens is 571 g/mol. The summed E-state index contributed by atoms with van der Waals surface area (Å²) in [7, 11) is -1.43. The van der Waals surface area contributed by atoms with Gasteiger partial charge in [-0.2, -0.15) is 14.5 Å². The Morgan fingerprint density at radius 2 is 1.82 bits per heavy atom. The molecule has 10 heteroatoms. The van der Waals surface area contributed by atoms with Crippen molar-refractivity contribution in [1.82, 2.24) is 34.9 Å². The summed E-state index contributed by atoms with van der Waals surface area (Å²) in [5, 5.41) is 12.0. The maximum absolute atomic E-state index is 14.7. The van der Waals surface area contributed by atoms with Crippen LogP contribution in [0.25, 0.3) is 55.7 Å². The number of aromatic nitrogens is 6. The molecule has 0 radical (unpaired) electrons. The molecule has 8 nitrogen and oxygen atoms in total. The normalized spacial score (nSPS) is 11.8. The largest absolute Gasteiger partial charge is 0.358 e. The van der Waals surface area contributed by atoms with E-state index in [1.54, 1.807) is 24.8 Å². The van der Waals surface area contributed by atoms with Crippen LogP contribution in [0.2, 0.25) is 0 Å². The lowest BCUT2D eigenvalue weighted by Crippen LogP contribution is -2.08. The predicted octanol–water partition coefficient (Wildman–Crippen LogP) is 7.79. The van der Waals surface area contributed by atoms with Crippen molar-refractivity contribution in [3.8, 4) is 33.8 Å². The molecule has 0 spiro atoms.